The third kappa shape index (κ3) is 4.98. The number of primary amides is 1. The molecule has 0 unspecified atom stereocenters. The second-order valence-electron chi connectivity index (χ2n) is 5.63. The molecule has 7 nitrogen and oxygen atoms in total. The summed E-state index contributed by atoms with van der Waals surface area (Å²) in [7, 11) is 3.28. The molecular formula is C18H23FN4O3. The monoisotopic (exact) mass is 362 g/mol. The summed E-state index contributed by atoms with van der Waals surface area (Å²) in [5, 5.41) is 3.16. The first-order valence-corrected chi connectivity index (χ1v) is 8.15. The van der Waals surface area contributed by atoms with Gasteiger partial charge >= 0.3 is 0 Å². The number of rotatable bonds is 7. The summed E-state index contributed by atoms with van der Waals surface area (Å²) in [5.41, 5.74) is 5.95. The van der Waals surface area contributed by atoms with E-state index in [0.717, 1.165) is 5.56 Å². The lowest BCUT2D eigenvalue weighted by atomic mass is 10.2. The number of amides is 1. The molecule has 8 heteroatoms. The van der Waals surface area contributed by atoms with E-state index in [-0.39, 0.29) is 18.1 Å². The number of nitrogens with one attached hydrogen (secondary N) is 1. The lowest BCUT2D eigenvalue weighted by molar-refractivity contribution is 0.0972. The second-order valence-corrected chi connectivity index (χ2v) is 5.63. The summed E-state index contributed by atoms with van der Waals surface area (Å²) in [5.74, 6) is 0.432. The minimum absolute atomic E-state index is 0.0993. The van der Waals surface area contributed by atoms with Crippen LogP contribution in [-0.4, -0.2) is 37.5 Å². The van der Waals surface area contributed by atoms with Gasteiger partial charge in [-0.05, 0) is 36.8 Å². The maximum atomic E-state index is 13.8. The van der Waals surface area contributed by atoms with E-state index in [1.807, 2.05) is 18.9 Å². The topological polar surface area (TPSA) is 93.1 Å². The molecule has 1 amide bonds. The minimum atomic E-state index is -0.620. The molecular weight excluding hydrogens is 339 g/mol. The highest BCUT2D eigenvalue weighted by Crippen LogP contribution is 2.18. The van der Waals surface area contributed by atoms with Crippen LogP contribution in [0.15, 0.2) is 39.7 Å². The van der Waals surface area contributed by atoms with Crippen molar-refractivity contribution in [2.75, 3.05) is 20.7 Å². The van der Waals surface area contributed by atoms with E-state index in [0.29, 0.717) is 24.8 Å². The Morgan fingerprint density at radius 1 is 1.38 bits per heavy atom. The van der Waals surface area contributed by atoms with Crippen LogP contribution in [0, 0.1) is 5.82 Å². The van der Waals surface area contributed by atoms with E-state index in [9.17, 15) is 9.18 Å². The van der Waals surface area contributed by atoms with Gasteiger partial charge in [0.25, 0.3) is 5.91 Å². The lowest BCUT2D eigenvalue weighted by Gasteiger charge is -2.22. The Morgan fingerprint density at radius 2 is 2.15 bits per heavy atom. The summed E-state index contributed by atoms with van der Waals surface area (Å²) in [6, 6.07) is 8.00. The predicted octanol–water partition coefficient (Wildman–Crippen LogP) is 2.12. The van der Waals surface area contributed by atoms with Gasteiger partial charge in [0, 0.05) is 20.1 Å². The smallest absolute Gasteiger partial charge is 0.284 e. The van der Waals surface area contributed by atoms with Crippen molar-refractivity contribution < 1.29 is 18.3 Å². The normalized spacial score (nSPS) is 11.3. The first-order valence-electron chi connectivity index (χ1n) is 8.15. The fourth-order valence-electron chi connectivity index (χ4n) is 2.37. The molecule has 0 radical (unpaired) electrons. The van der Waals surface area contributed by atoms with Crippen molar-refractivity contribution in [1.29, 1.82) is 0 Å². The molecule has 1 aromatic carbocycles. The number of ether oxygens (including phenoxy) is 1. The molecule has 2 rings (SSSR count). The molecule has 0 fully saturated rings. The largest absolute Gasteiger partial charge is 0.494 e. The second kappa shape index (κ2) is 8.89. The Morgan fingerprint density at radius 3 is 2.73 bits per heavy atom. The Labute approximate surface area is 151 Å². The van der Waals surface area contributed by atoms with Crippen LogP contribution in [0.1, 0.15) is 28.8 Å². The van der Waals surface area contributed by atoms with Gasteiger partial charge in [-0.15, -0.1) is 0 Å². The van der Waals surface area contributed by atoms with Crippen LogP contribution in [-0.2, 0) is 13.1 Å². The fraction of sp³-hybridized carbons (Fsp3) is 0.333. The Kier molecular flexibility index (Phi) is 6.60. The van der Waals surface area contributed by atoms with Crippen molar-refractivity contribution in [2.45, 2.75) is 20.0 Å². The van der Waals surface area contributed by atoms with Gasteiger partial charge in [0.15, 0.2) is 23.3 Å². The number of halogens is 1. The van der Waals surface area contributed by atoms with Gasteiger partial charge in [0.05, 0.1) is 7.11 Å². The number of nitrogens with two attached hydrogens (primary N) is 1. The number of guanidine groups is 1. The summed E-state index contributed by atoms with van der Waals surface area (Å²) in [6.45, 7) is 3.33. The van der Waals surface area contributed by atoms with Gasteiger partial charge in [-0.1, -0.05) is 6.07 Å². The molecule has 1 aromatic heterocycles. The molecule has 1 heterocycles. The van der Waals surface area contributed by atoms with E-state index < -0.39 is 11.7 Å². The van der Waals surface area contributed by atoms with E-state index in [2.05, 4.69) is 10.3 Å². The summed E-state index contributed by atoms with van der Waals surface area (Å²) in [4.78, 5) is 17.4. The number of nitrogens with zero attached hydrogens (tertiary/aromatic N) is 2. The third-order valence-electron chi connectivity index (χ3n) is 3.62. The summed E-state index contributed by atoms with van der Waals surface area (Å²) < 4.78 is 24.1. The van der Waals surface area contributed by atoms with Gasteiger partial charge in [-0.3, -0.25) is 4.79 Å². The summed E-state index contributed by atoms with van der Waals surface area (Å²) >= 11 is 0. The summed E-state index contributed by atoms with van der Waals surface area (Å²) in [6.07, 6.45) is 0. The highest BCUT2D eigenvalue weighted by molar-refractivity contribution is 5.89. The van der Waals surface area contributed by atoms with Gasteiger partial charge in [-0.2, -0.15) is 0 Å². The van der Waals surface area contributed by atoms with Gasteiger partial charge in [0.2, 0.25) is 0 Å². The van der Waals surface area contributed by atoms with Crippen LogP contribution < -0.4 is 15.8 Å². The van der Waals surface area contributed by atoms with Crippen molar-refractivity contribution in [1.82, 2.24) is 10.2 Å². The van der Waals surface area contributed by atoms with E-state index in [4.69, 9.17) is 14.9 Å². The number of carbonyl (C=O) groups is 1. The van der Waals surface area contributed by atoms with Gasteiger partial charge in [-0.25, -0.2) is 9.38 Å². The number of carbonyl (C=O) groups excluding carboxylic acids is 1. The SMILES string of the molecule is CCNC(=NCc1ccc(C(N)=O)o1)N(C)Cc1ccc(OC)c(F)c1. The van der Waals surface area contributed by atoms with Crippen molar-refractivity contribution in [2.24, 2.45) is 10.7 Å². The molecule has 0 atom stereocenters. The number of hydrogen-bond donors (Lipinski definition) is 2. The Balaban J connectivity index is 2.08. The number of methoxy groups -OCH3 is 1. The molecule has 0 spiro atoms. The standard InChI is InChI=1S/C18H23FN4O3/c1-4-21-18(22-10-13-6-8-16(26-13)17(20)24)23(2)11-12-5-7-15(25-3)14(19)9-12/h5-9H,4,10-11H2,1-3H3,(H2,20,24)(H,21,22). The average molecular weight is 362 g/mol. The zero-order valence-corrected chi connectivity index (χ0v) is 15.1. The lowest BCUT2D eigenvalue weighted by Crippen LogP contribution is -2.38. The average Bonchev–Trinajstić information content (AvgIpc) is 3.08. The number of benzene rings is 1. The van der Waals surface area contributed by atoms with E-state index >= 15 is 0 Å². The maximum absolute atomic E-state index is 13.8. The van der Waals surface area contributed by atoms with Crippen molar-refractivity contribution in [3.8, 4) is 5.75 Å². The van der Waals surface area contributed by atoms with Crippen LogP contribution in [0.4, 0.5) is 4.39 Å². The first-order chi connectivity index (χ1) is 12.4. The molecule has 140 valence electrons. The fourth-order valence-corrected chi connectivity index (χ4v) is 2.37. The highest BCUT2D eigenvalue weighted by Gasteiger charge is 2.11. The maximum Gasteiger partial charge on any atom is 0.284 e. The first kappa shape index (κ1) is 19.3. The van der Waals surface area contributed by atoms with E-state index in [1.165, 1.54) is 19.2 Å². The van der Waals surface area contributed by atoms with Crippen molar-refractivity contribution >= 4 is 11.9 Å². The zero-order chi connectivity index (χ0) is 19.1. The molecule has 0 bridgehead atoms. The van der Waals surface area contributed by atoms with Crippen molar-refractivity contribution in [3.63, 3.8) is 0 Å². The molecule has 26 heavy (non-hydrogen) atoms. The molecule has 0 aliphatic carbocycles. The Hall–Kier alpha value is -3.03. The molecule has 0 aliphatic heterocycles. The number of aliphatic imine (C=N–C) groups is 1. The van der Waals surface area contributed by atoms with Crippen LogP contribution in [0.2, 0.25) is 0 Å². The molecule has 3 N–H and O–H groups in total. The van der Waals surface area contributed by atoms with Crippen LogP contribution in [0.5, 0.6) is 5.75 Å². The van der Waals surface area contributed by atoms with Crippen LogP contribution in [0.25, 0.3) is 0 Å². The van der Waals surface area contributed by atoms with E-state index in [1.54, 1.807) is 18.2 Å². The van der Waals surface area contributed by atoms with Crippen LogP contribution in [0.3, 0.4) is 0 Å². The Bertz CT molecular complexity index is 788. The van der Waals surface area contributed by atoms with Crippen molar-refractivity contribution in [3.05, 3.63) is 53.2 Å². The van der Waals surface area contributed by atoms with Crippen LogP contribution >= 0.6 is 0 Å². The van der Waals surface area contributed by atoms with Gasteiger partial charge in [0.1, 0.15) is 12.3 Å². The van der Waals surface area contributed by atoms with Gasteiger partial charge < -0.3 is 25.1 Å². The molecule has 0 aliphatic rings. The number of hydrogen-bond acceptors (Lipinski definition) is 4. The molecule has 0 saturated heterocycles. The quantitative estimate of drug-likeness (QED) is 0.581. The molecule has 2 aromatic rings. The predicted molar refractivity (Wildman–Crippen MR) is 96.5 cm³/mol. The minimum Gasteiger partial charge on any atom is -0.494 e. The third-order valence-corrected chi connectivity index (χ3v) is 3.62. The number of furan rings is 1. The zero-order valence-electron chi connectivity index (χ0n) is 15.1. The highest BCUT2D eigenvalue weighted by atomic mass is 19.1. The molecule has 0 saturated carbocycles.